The lowest BCUT2D eigenvalue weighted by molar-refractivity contribution is -0.142. The Kier molecular flexibility index (Phi) is 5.74. The number of aryl methyl sites for hydroxylation is 1. The van der Waals surface area contributed by atoms with Crippen LogP contribution in [0.15, 0.2) is 32.7 Å². The van der Waals surface area contributed by atoms with Crippen molar-refractivity contribution in [3.8, 4) is 11.6 Å². The lowest BCUT2D eigenvalue weighted by Gasteiger charge is -2.00. The maximum atomic E-state index is 12.0. The summed E-state index contributed by atoms with van der Waals surface area (Å²) in [7, 11) is 0. The number of hydrogen-bond donors (Lipinski definition) is 1. The zero-order chi connectivity index (χ0) is 18.4. The number of ether oxygens (including phenoxy) is 1. The lowest BCUT2D eigenvalue weighted by Crippen LogP contribution is -2.12. The minimum absolute atomic E-state index is 0.0811. The third kappa shape index (κ3) is 4.76. The van der Waals surface area contributed by atoms with Gasteiger partial charge in [0.1, 0.15) is 0 Å². The quantitative estimate of drug-likeness (QED) is 0.595. The first kappa shape index (κ1) is 17.8. The molecule has 3 aromatic heterocycles. The molecular formula is C16H16N4O5S. The molecule has 0 unspecified atom stereocenters. The summed E-state index contributed by atoms with van der Waals surface area (Å²) >= 11 is 1.25. The Bertz CT molecular complexity index is 871. The molecule has 26 heavy (non-hydrogen) atoms. The fourth-order valence-corrected chi connectivity index (χ4v) is 2.80. The molecule has 0 spiro atoms. The van der Waals surface area contributed by atoms with Gasteiger partial charge < -0.3 is 19.0 Å². The van der Waals surface area contributed by atoms with Crippen LogP contribution in [0.25, 0.3) is 11.6 Å². The van der Waals surface area contributed by atoms with Crippen molar-refractivity contribution in [3.63, 3.8) is 0 Å². The molecule has 3 heterocycles. The monoisotopic (exact) mass is 376 g/mol. The van der Waals surface area contributed by atoms with Crippen LogP contribution in [0.5, 0.6) is 0 Å². The van der Waals surface area contributed by atoms with Crippen molar-refractivity contribution < 1.29 is 23.3 Å². The van der Waals surface area contributed by atoms with Gasteiger partial charge in [-0.2, -0.15) is 4.98 Å². The maximum Gasteiger partial charge on any atom is 0.311 e. The number of carbonyl (C=O) groups excluding carboxylic acids is 2. The van der Waals surface area contributed by atoms with Crippen LogP contribution in [-0.2, 0) is 27.2 Å². The van der Waals surface area contributed by atoms with E-state index in [4.69, 9.17) is 13.7 Å². The summed E-state index contributed by atoms with van der Waals surface area (Å²) in [6.07, 6.45) is 2.05. The number of carbonyl (C=O) groups is 2. The van der Waals surface area contributed by atoms with E-state index in [9.17, 15) is 9.59 Å². The zero-order valence-corrected chi connectivity index (χ0v) is 14.7. The predicted octanol–water partition coefficient (Wildman–Crippen LogP) is 2.46. The molecule has 0 radical (unpaired) electrons. The number of aromatic nitrogens is 3. The first-order chi connectivity index (χ1) is 12.6. The Morgan fingerprint density at radius 2 is 2.23 bits per heavy atom. The van der Waals surface area contributed by atoms with Crippen molar-refractivity contribution in [2.24, 2.45) is 0 Å². The number of esters is 1. The molecule has 0 saturated heterocycles. The Balaban J connectivity index is 1.47. The molecule has 0 aliphatic heterocycles. The van der Waals surface area contributed by atoms with Crippen molar-refractivity contribution in [2.45, 2.75) is 26.2 Å². The SMILES string of the molecule is CCOC(=O)Cc1csc(NC(=O)CCc2nc(-c3ccco3)no2)n1. The van der Waals surface area contributed by atoms with E-state index in [2.05, 4.69) is 20.4 Å². The lowest BCUT2D eigenvalue weighted by atomic mass is 10.3. The van der Waals surface area contributed by atoms with Crippen molar-refractivity contribution in [3.05, 3.63) is 35.4 Å². The molecule has 0 aliphatic rings. The van der Waals surface area contributed by atoms with Crippen LogP contribution >= 0.6 is 11.3 Å². The molecule has 0 fully saturated rings. The van der Waals surface area contributed by atoms with Gasteiger partial charge >= 0.3 is 5.97 Å². The van der Waals surface area contributed by atoms with Crippen molar-refractivity contribution >= 4 is 28.3 Å². The summed E-state index contributed by atoms with van der Waals surface area (Å²) in [5, 5.41) is 8.62. The molecule has 0 aromatic carbocycles. The van der Waals surface area contributed by atoms with Crippen LogP contribution in [0.4, 0.5) is 5.13 Å². The summed E-state index contributed by atoms with van der Waals surface area (Å²) < 4.78 is 15.1. The molecular weight excluding hydrogens is 360 g/mol. The Hall–Kier alpha value is -3.01. The van der Waals surface area contributed by atoms with Crippen LogP contribution in [0, 0.1) is 0 Å². The van der Waals surface area contributed by atoms with E-state index in [1.807, 2.05) is 0 Å². The standard InChI is InChI=1S/C16H16N4O5S/c1-2-23-14(22)8-10-9-26-16(17-10)18-12(21)5-6-13-19-15(20-25-13)11-4-3-7-24-11/h3-4,7,9H,2,5-6,8H2,1H3,(H,17,18,21). The van der Waals surface area contributed by atoms with Gasteiger partial charge in [-0.3, -0.25) is 9.59 Å². The average Bonchev–Trinajstić information content (AvgIpc) is 3.35. The van der Waals surface area contributed by atoms with Crippen LogP contribution in [0.3, 0.4) is 0 Å². The minimum atomic E-state index is -0.348. The highest BCUT2D eigenvalue weighted by molar-refractivity contribution is 7.13. The highest BCUT2D eigenvalue weighted by Gasteiger charge is 2.14. The second-order valence-electron chi connectivity index (χ2n) is 5.16. The summed E-state index contributed by atoms with van der Waals surface area (Å²) in [6.45, 7) is 2.06. The number of amides is 1. The average molecular weight is 376 g/mol. The van der Waals surface area contributed by atoms with Gasteiger partial charge in [0.15, 0.2) is 10.9 Å². The van der Waals surface area contributed by atoms with Crippen LogP contribution in [0.1, 0.15) is 24.9 Å². The molecule has 1 N–H and O–H groups in total. The summed E-state index contributed by atoms with van der Waals surface area (Å²) in [4.78, 5) is 31.8. The normalized spacial score (nSPS) is 10.7. The second kappa shape index (κ2) is 8.39. The molecule has 0 saturated carbocycles. The molecule has 0 atom stereocenters. The molecule has 0 aliphatic carbocycles. The van der Waals surface area contributed by atoms with Gasteiger partial charge in [-0.05, 0) is 19.1 Å². The number of nitrogens with zero attached hydrogens (tertiary/aromatic N) is 3. The Morgan fingerprint density at radius 1 is 1.35 bits per heavy atom. The first-order valence-electron chi connectivity index (χ1n) is 7.90. The summed E-state index contributed by atoms with van der Waals surface area (Å²) in [5.41, 5.74) is 0.559. The van der Waals surface area contributed by atoms with Gasteiger partial charge in [0.05, 0.1) is 25.0 Å². The Labute approximate surface area is 152 Å². The fraction of sp³-hybridized carbons (Fsp3) is 0.312. The van der Waals surface area contributed by atoms with Gasteiger partial charge in [0, 0.05) is 18.2 Å². The second-order valence-corrected chi connectivity index (χ2v) is 6.02. The number of thiazole rings is 1. The summed E-state index contributed by atoms with van der Waals surface area (Å²) in [5.74, 6) is 0.600. The number of rotatable bonds is 8. The highest BCUT2D eigenvalue weighted by atomic mass is 32.1. The van der Waals surface area contributed by atoms with Crippen LogP contribution < -0.4 is 5.32 Å². The molecule has 0 bridgehead atoms. The van der Waals surface area contributed by atoms with Crippen molar-refractivity contribution in [2.75, 3.05) is 11.9 Å². The third-order valence-electron chi connectivity index (χ3n) is 3.20. The topological polar surface area (TPSA) is 120 Å². The van der Waals surface area contributed by atoms with E-state index in [0.717, 1.165) is 0 Å². The third-order valence-corrected chi connectivity index (χ3v) is 4.01. The van der Waals surface area contributed by atoms with Crippen LogP contribution in [-0.4, -0.2) is 33.6 Å². The number of hydrogen-bond acceptors (Lipinski definition) is 9. The zero-order valence-electron chi connectivity index (χ0n) is 13.9. The summed E-state index contributed by atoms with van der Waals surface area (Å²) in [6, 6.07) is 3.45. The first-order valence-corrected chi connectivity index (χ1v) is 8.78. The van der Waals surface area contributed by atoms with Gasteiger partial charge in [-0.15, -0.1) is 11.3 Å². The van der Waals surface area contributed by atoms with E-state index in [1.165, 1.54) is 17.6 Å². The Morgan fingerprint density at radius 3 is 3.00 bits per heavy atom. The highest BCUT2D eigenvalue weighted by Crippen LogP contribution is 2.18. The number of nitrogens with one attached hydrogen (secondary N) is 1. The number of anilines is 1. The van der Waals surface area contributed by atoms with E-state index in [-0.39, 0.29) is 24.7 Å². The maximum absolute atomic E-state index is 12.0. The van der Waals surface area contributed by atoms with Gasteiger partial charge in [0.2, 0.25) is 17.6 Å². The molecule has 1 amide bonds. The molecule has 3 aromatic rings. The van der Waals surface area contributed by atoms with Gasteiger partial charge in [-0.1, -0.05) is 5.16 Å². The van der Waals surface area contributed by atoms with E-state index in [0.29, 0.717) is 41.3 Å². The molecule has 136 valence electrons. The van der Waals surface area contributed by atoms with E-state index < -0.39 is 0 Å². The smallest absolute Gasteiger partial charge is 0.311 e. The predicted molar refractivity (Wildman–Crippen MR) is 91.4 cm³/mol. The largest absolute Gasteiger partial charge is 0.466 e. The van der Waals surface area contributed by atoms with Gasteiger partial charge in [-0.25, -0.2) is 4.98 Å². The van der Waals surface area contributed by atoms with Crippen molar-refractivity contribution in [1.82, 2.24) is 15.1 Å². The molecule has 9 nitrogen and oxygen atoms in total. The van der Waals surface area contributed by atoms with Crippen molar-refractivity contribution in [1.29, 1.82) is 0 Å². The van der Waals surface area contributed by atoms with Gasteiger partial charge in [0.25, 0.3) is 0 Å². The van der Waals surface area contributed by atoms with E-state index >= 15 is 0 Å². The molecule has 3 rings (SSSR count). The minimum Gasteiger partial charge on any atom is -0.466 e. The molecule has 10 heteroatoms. The fourth-order valence-electron chi connectivity index (χ4n) is 2.07. The van der Waals surface area contributed by atoms with E-state index in [1.54, 1.807) is 24.4 Å². The number of furan rings is 1. The van der Waals surface area contributed by atoms with Crippen LogP contribution in [0.2, 0.25) is 0 Å².